The average molecular weight is 578 g/mol. The Labute approximate surface area is 239 Å². The minimum atomic E-state index is -0.762. The number of halogens is 3. The zero-order valence-electron chi connectivity index (χ0n) is 20.2. The van der Waals surface area contributed by atoms with Crippen LogP contribution in [0.5, 0.6) is 5.75 Å². The summed E-state index contributed by atoms with van der Waals surface area (Å²) >= 11 is 18.6. The minimum Gasteiger partial charge on any atom is -0.487 e. The Bertz CT molecular complexity index is 1540. The lowest BCUT2D eigenvalue weighted by Gasteiger charge is -2.33. The van der Waals surface area contributed by atoms with Crippen molar-refractivity contribution in [2.75, 3.05) is 9.80 Å². The number of amides is 4. The van der Waals surface area contributed by atoms with Crippen molar-refractivity contribution in [2.45, 2.75) is 6.61 Å². The monoisotopic (exact) mass is 576 g/mol. The third-order valence-electron chi connectivity index (χ3n) is 5.94. The Morgan fingerprint density at radius 1 is 0.667 bits per heavy atom. The first kappa shape index (κ1) is 26.5. The van der Waals surface area contributed by atoms with Gasteiger partial charge in [-0.3, -0.25) is 9.59 Å². The fraction of sp³-hybridized carbons (Fsp3) is 0.0333. The molecule has 0 aromatic heterocycles. The number of anilines is 2. The van der Waals surface area contributed by atoms with Crippen molar-refractivity contribution in [3.63, 3.8) is 0 Å². The van der Waals surface area contributed by atoms with Crippen molar-refractivity contribution in [1.29, 1.82) is 0 Å². The van der Waals surface area contributed by atoms with E-state index in [2.05, 4.69) is 0 Å². The zero-order valence-corrected chi connectivity index (χ0v) is 22.5. The number of rotatable bonds is 6. The molecule has 1 saturated heterocycles. The van der Waals surface area contributed by atoms with E-state index >= 15 is 0 Å². The van der Waals surface area contributed by atoms with E-state index in [-0.39, 0.29) is 17.2 Å². The van der Waals surface area contributed by atoms with Crippen LogP contribution in [0.1, 0.15) is 11.1 Å². The van der Waals surface area contributed by atoms with E-state index in [0.717, 1.165) is 15.4 Å². The second-order valence-corrected chi connectivity index (χ2v) is 9.76. The molecule has 1 fully saturated rings. The molecular formula is C30H19Cl3N2O4. The molecule has 39 heavy (non-hydrogen) atoms. The van der Waals surface area contributed by atoms with Crippen LogP contribution >= 0.6 is 34.8 Å². The van der Waals surface area contributed by atoms with Gasteiger partial charge in [-0.15, -0.1) is 0 Å². The third-order valence-corrected chi connectivity index (χ3v) is 6.83. The first-order valence-electron chi connectivity index (χ1n) is 11.7. The summed E-state index contributed by atoms with van der Waals surface area (Å²) in [4.78, 5) is 42.4. The molecule has 0 aliphatic carbocycles. The summed E-state index contributed by atoms with van der Waals surface area (Å²) in [5, 5.41) is 1.25. The quantitative estimate of drug-likeness (QED) is 0.173. The summed E-state index contributed by atoms with van der Waals surface area (Å²) in [6.07, 6.45) is 1.41. The first-order chi connectivity index (χ1) is 18.8. The number of para-hydroxylation sites is 2. The van der Waals surface area contributed by atoms with E-state index < -0.39 is 17.8 Å². The summed E-state index contributed by atoms with van der Waals surface area (Å²) in [5.74, 6) is -1.09. The number of ether oxygens (including phenoxy) is 1. The van der Waals surface area contributed by atoms with Crippen LogP contribution < -0.4 is 14.5 Å². The SMILES string of the molecule is O=C1C(=Cc2ccc(OCc3ccc(Cl)cc3Cl)c(Cl)c2)C(=O)N(c2ccccc2)C(=O)N1c1ccccc1. The van der Waals surface area contributed by atoms with E-state index in [1.165, 1.54) is 6.08 Å². The molecule has 6 nitrogen and oxygen atoms in total. The van der Waals surface area contributed by atoms with Crippen LogP contribution in [-0.2, 0) is 16.2 Å². The summed E-state index contributed by atoms with van der Waals surface area (Å²) in [6.45, 7) is 0.160. The average Bonchev–Trinajstić information content (AvgIpc) is 2.93. The second kappa shape index (κ2) is 11.3. The Morgan fingerprint density at radius 2 is 1.26 bits per heavy atom. The molecular weight excluding hydrogens is 559 g/mol. The highest BCUT2D eigenvalue weighted by molar-refractivity contribution is 6.46. The number of benzene rings is 4. The van der Waals surface area contributed by atoms with Crippen LogP contribution in [0.4, 0.5) is 16.2 Å². The van der Waals surface area contributed by atoms with Crippen molar-refractivity contribution < 1.29 is 19.1 Å². The predicted molar refractivity (Wildman–Crippen MR) is 153 cm³/mol. The van der Waals surface area contributed by atoms with Gasteiger partial charge in [0.2, 0.25) is 0 Å². The molecule has 1 heterocycles. The van der Waals surface area contributed by atoms with Crippen molar-refractivity contribution in [3.05, 3.63) is 129 Å². The molecule has 0 bridgehead atoms. The maximum Gasteiger partial charge on any atom is 0.343 e. The fourth-order valence-corrected chi connectivity index (χ4v) is 4.73. The van der Waals surface area contributed by atoms with Crippen LogP contribution in [0.15, 0.2) is 103 Å². The molecule has 4 aromatic rings. The largest absolute Gasteiger partial charge is 0.487 e. The minimum absolute atomic E-state index is 0.160. The third kappa shape index (κ3) is 5.54. The lowest BCUT2D eigenvalue weighted by atomic mass is 10.0. The van der Waals surface area contributed by atoms with Gasteiger partial charge in [0.1, 0.15) is 17.9 Å². The summed E-state index contributed by atoms with van der Waals surface area (Å²) in [5.41, 5.74) is 1.70. The van der Waals surface area contributed by atoms with Gasteiger partial charge < -0.3 is 4.74 Å². The molecule has 4 aromatic carbocycles. The Balaban J connectivity index is 1.47. The molecule has 0 unspecified atom stereocenters. The lowest BCUT2D eigenvalue weighted by Crippen LogP contribution is -2.57. The van der Waals surface area contributed by atoms with Gasteiger partial charge >= 0.3 is 6.03 Å². The number of urea groups is 1. The number of carbonyl (C=O) groups is 3. The normalized spacial score (nSPS) is 13.6. The van der Waals surface area contributed by atoms with Gasteiger partial charge in [-0.25, -0.2) is 14.6 Å². The van der Waals surface area contributed by atoms with Crippen LogP contribution in [0.25, 0.3) is 6.08 Å². The van der Waals surface area contributed by atoms with Gasteiger partial charge in [0.25, 0.3) is 11.8 Å². The molecule has 5 rings (SSSR count). The predicted octanol–water partition coefficient (Wildman–Crippen LogP) is 7.81. The standard InChI is InChI=1S/C30H19Cl3N2O4/c31-21-13-12-20(25(32)17-21)18-39-27-14-11-19(16-26(27)33)15-24-28(36)34(22-7-3-1-4-8-22)30(38)35(29(24)37)23-9-5-2-6-10-23/h1-17H,18H2. The van der Waals surface area contributed by atoms with Gasteiger partial charge in [-0.2, -0.15) is 0 Å². The van der Waals surface area contributed by atoms with Crippen LogP contribution in [0, 0.1) is 0 Å². The number of barbiturate groups is 1. The van der Waals surface area contributed by atoms with Gasteiger partial charge in [0.15, 0.2) is 0 Å². The molecule has 0 atom stereocenters. The number of imide groups is 2. The van der Waals surface area contributed by atoms with Crippen molar-refractivity contribution in [3.8, 4) is 5.75 Å². The van der Waals surface area contributed by atoms with E-state index in [0.29, 0.717) is 32.7 Å². The highest BCUT2D eigenvalue weighted by atomic mass is 35.5. The Hall–Kier alpha value is -4.10. The second-order valence-electron chi connectivity index (χ2n) is 8.51. The molecule has 0 saturated carbocycles. The van der Waals surface area contributed by atoms with Crippen LogP contribution in [0.3, 0.4) is 0 Å². The number of hydrogen-bond donors (Lipinski definition) is 0. The molecule has 9 heteroatoms. The number of hydrogen-bond acceptors (Lipinski definition) is 4. The Kier molecular flexibility index (Phi) is 7.70. The smallest absolute Gasteiger partial charge is 0.343 e. The van der Waals surface area contributed by atoms with Crippen molar-refractivity contribution >= 4 is 70.1 Å². The van der Waals surface area contributed by atoms with E-state index in [1.807, 2.05) is 0 Å². The lowest BCUT2D eigenvalue weighted by molar-refractivity contribution is -0.121. The topological polar surface area (TPSA) is 66.9 Å². The van der Waals surface area contributed by atoms with E-state index in [4.69, 9.17) is 39.5 Å². The van der Waals surface area contributed by atoms with Gasteiger partial charge in [0.05, 0.1) is 16.4 Å². The maximum absolute atomic E-state index is 13.5. The van der Waals surface area contributed by atoms with E-state index in [9.17, 15) is 14.4 Å². The molecule has 0 N–H and O–H groups in total. The number of carbonyl (C=O) groups excluding carboxylic acids is 3. The first-order valence-corrected chi connectivity index (χ1v) is 12.9. The summed E-state index contributed by atoms with van der Waals surface area (Å²) in [7, 11) is 0. The summed E-state index contributed by atoms with van der Waals surface area (Å²) in [6, 6.07) is 26.1. The summed E-state index contributed by atoms with van der Waals surface area (Å²) < 4.78 is 5.82. The highest BCUT2D eigenvalue weighted by Crippen LogP contribution is 2.32. The van der Waals surface area contributed by atoms with Crippen LogP contribution in [0.2, 0.25) is 15.1 Å². The maximum atomic E-state index is 13.5. The zero-order chi connectivity index (χ0) is 27.5. The van der Waals surface area contributed by atoms with Crippen molar-refractivity contribution in [2.24, 2.45) is 0 Å². The number of nitrogens with zero attached hydrogens (tertiary/aromatic N) is 2. The molecule has 194 valence electrons. The highest BCUT2D eigenvalue weighted by Gasteiger charge is 2.43. The molecule has 4 amide bonds. The van der Waals surface area contributed by atoms with Crippen LogP contribution in [-0.4, -0.2) is 17.8 Å². The molecule has 1 aliphatic rings. The van der Waals surface area contributed by atoms with E-state index in [1.54, 1.807) is 97.1 Å². The van der Waals surface area contributed by atoms with Gasteiger partial charge in [-0.1, -0.05) is 83.3 Å². The van der Waals surface area contributed by atoms with Crippen molar-refractivity contribution in [1.82, 2.24) is 0 Å². The Morgan fingerprint density at radius 3 is 1.79 bits per heavy atom. The fourth-order valence-electron chi connectivity index (χ4n) is 4.02. The molecule has 1 aliphatic heterocycles. The molecule has 0 spiro atoms. The van der Waals surface area contributed by atoms with Gasteiger partial charge in [0, 0.05) is 15.6 Å². The molecule has 0 radical (unpaired) electrons. The van der Waals surface area contributed by atoms with Gasteiger partial charge in [-0.05, 0) is 60.2 Å².